The maximum atomic E-state index is 13.8. The number of benzene rings is 2. The van der Waals surface area contributed by atoms with E-state index in [4.69, 9.17) is 4.74 Å². The second-order valence-corrected chi connectivity index (χ2v) is 10.3. The van der Waals surface area contributed by atoms with Crippen LogP contribution in [0, 0.1) is 29.8 Å². The third-order valence-electron chi connectivity index (χ3n) is 6.78. The summed E-state index contributed by atoms with van der Waals surface area (Å²) in [6.45, 7) is 7.36. The molecule has 1 aliphatic rings. The molecule has 0 saturated heterocycles. The lowest BCUT2D eigenvalue weighted by atomic mass is 9.96. The predicted molar refractivity (Wildman–Crippen MR) is 149 cm³/mol. The summed E-state index contributed by atoms with van der Waals surface area (Å²) in [5.74, 6) is -1.02. The molecular weight excluding hydrogens is 535 g/mol. The first-order chi connectivity index (χ1) is 19.1. The van der Waals surface area contributed by atoms with Gasteiger partial charge in [-0.15, -0.1) is 0 Å². The number of nitro groups is 1. The standard InChI is InChI=1S/C29H25FN4O5S/c1-5-39-28(36)25-17(3)31-29-33(26(25)19-6-8-21(30)9-7-19)27(35)24(40-29)15-20-14-16(2)32(18(20)4)22-10-12-23(13-11-22)34(37)38/h6-15,26H,5H2,1-4H3. The summed E-state index contributed by atoms with van der Waals surface area (Å²) in [4.78, 5) is 42.4. The topological polar surface area (TPSA) is 109 Å². The number of halogens is 1. The number of aromatic nitrogens is 2. The van der Waals surface area contributed by atoms with Gasteiger partial charge in [-0.05, 0) is 75.2 Å². The molecule has 1 atom stereocenters. The number of hydrogen-bond acceptors (Lipinski definition) is 7. The number of rotatable bonds is 6. The maximum absolute atomic E-state index is 13.8. The zero-order valence-electron chi connectivity index (χ0n) is 22.2. The van der Waals surface area contributed by atoms with Gasteiger partial charge in [-0.2, -0.15) is 0 Å². The van der Waals surface area contributed by atoms with Crippen molar-refractivity contribution in [3.63, 3.8) is 0 Å². The van der Waals surface area contributed by atoms with Gasteiger partial charge in [0, 0.05) is 29.2 Å². The molecule has 9 nitrogen and oxygen atoms in total. The van der Waals surface area contributed by atoms with E-state index in [1.165, 1.54) is 40.2 Å². The van der Waals surface area contributed by atoms with Crippen LogP contribution in [0.15, 0.2) is 75.7 Å². The van der Waals surface area contributed by atoms with Crippen LogP contribution in [0.5, 0.6) is 0 Å². The van der Waals surface area contributed by atoms with E-state index in [-0.39, 0.29) is 23.4 Å². The third kappa shape index (κ3) is 4.68. The van der Waals surface area contributed by atoms with Gasteiger partial charge in [0.25, 0.3) is 11.2 Å². The van der Waals surface area contributed by atoms with E-state index in [0.29, 0.717) is 20.6 Å². The molecule has 1 unspecified atom stereocenters. The van der Waals surface area contributed by atoms with Crippen LogP contribution < -0.4 is 14.9 Å². The van der Waals surface area contributed by atoms with Crippen LogP contribution in [0.2, 0.25) is 0 Å². The van der Waals surface area contributed by atoms with Crippen LogP contribution in [-0.4, -0.2) is 26.6 Å². The largest absolute Gasteiger partial charge is 0.463 e. The number of carbonyl (C=O) groups excluding carboxylic acids is 1. The average molecular weight is 561 g/mol. The minimum Gasteiger partial charge on any atom is -0.463 e. The molecule has 40 heavy (non-hydrogen) atoms. The van der Waals surface area contributed by atoms with Crippen molar-refractivity contribution in [3.8, 4) is 5.69 Å². The molecule has 2 aromatic carbocycles. The van der Waals surface area contributed by atoms with Gasteiger partial charge in [-0.25, -0.2) is 14.2 Å². The number of esters is 1. The third-order valence-corrected chi connectivity index (χ3v) is 7.76. The van der Waals surface area contributed by atoms with Gasteiger partial charge < -0.3 is 9.30 Å². The molecule has 5 rings (SSSR count). The molecule has 1 aliphatic heterocycles. The van der Waals surface area contributed by atoms with E-state index in [1.807, 2.05) is 24.5 Å². The molecular formula is C29H25FN4O5S. The summed E-state index contributed by atoms with van der Waals surface area (Å²) in [5, 5.41) is 11.1. The first kappa shape index (κ1) is 26.9. The number of nitro benzene ring substituents is 1. The Balaban J connectivity index is 1.66. The first-order valence-electron chi connectivity index (χ1n) is 12.5. The molecule has 0 fully saturated rings. The molecule has 0 aliphatic carbocycles. The quantitative estimate of drug-likeness (QED) is 0.199. The van der Waals surface area contributed by atoms with Gasteiger partial charge in [-0.3, -0.25) is 19.5 Å². The number of allylic oxidation sites excluding steroid dienone is 1. The van der Waals surface area contributed by atoms with Crippen molar-refractivity contribution in [1.82, 2.24) is 9.13 Å². The number of nitrogens with zero attached hydrogens (tertiary/aromatic N) is 4. The molecule has 4 aromatic rings. The lowest BCUT2D eigenvalue weighted by Crippen LogP contribution is -2.39. The van der Waals surface area contributed by atoms with E-state index in [9.17, 15) is 24.1 Å². The molecule has 11 heteroatoms. The Morgan fingerprint density at radius 3 is 2.45 bits per heavy atom. The highest BCUT2D eigenvalue weighted by molar-refractivity contribution is 7.07. The van der Waals surface area contributed by atoms with Crippen molar-refractivity contribution in [2.75, 3.05) is 6.61 Å². The van der Waals surface area contributed by atoms with E-state index in [2.05, 4.69) is 4.99 Å². The second kappa shape index (κ2) is 10.5. The van der Waals surface area contributed by atoms with Crippen LogP contribution in [0.3, 0.4) is 0 Å². The van der Waals surface area contributed by atoms with Crippen LogP contribution in [0.1, 0.15) is 42.4 Å². The monoisotopic (exact) mass is 560 g/mol. The number of hydrogen-bond donors (Lipinski definition) is 0. The highest BCUT2D eigenvalue weighted by atomic mass is 32.1. The Labute approximate surface area is 232 Å². The molecule has 0 N–H and O–H groups in total. The van der Waals surface area contributed by atoms with E-state index in [0.717, 1.165) is 22.6 Å². The van der Waals surface area contributed by atoms with Gasteiger partial charge in [-0.1, -0.05) is 23.5 Å². The normalized spacial score (nSPS) is 15.1. The smallest absolute Gasteiger partial charge is 0.338 e. The van der Waals surface area contributed by atoms with Crippen LogP contribution in [-0.2, 0) is 9.53 Å². The van der Waals surface area contributed by atoms with Crippen LogP contribution >= 0.6 is 11.3 Å². The zero-order valence-corrected chi connectivity index (χ0v) is 23.0. The van der Waals surface area contributed by atoms with Gasteiger partial charge in [0.15, 0.2) is 4.80 Å². The Morgan fingerprint density at radius 1 is 1.15 bits per heavy atom. The molecule has 204 valence electrons. The zero-order chi connectivity index (χ0) is 28.7. The number of non-ortho nitro benzene ring substituents is 1. The molecule has 0 amide bonds. The minimum absolute atomic E-state index is 0.000681. The van der Waals surface area contributed by atoms with Crippen molar-refractivity contribution in [2.45, 2.75) is 33.7 Å². The number of fused-ring (bicyclic) bond motifs is 1. The summed E-state index contributed by atoms with van der Waals surface area (Å²) < 4.78 is 22.9. The summed E-state index contributed by atoms with van der Waals surface area (Å²) in [7, 11) is 0. The number of aryl methyl sites for hydroxylation is 1. The van der Waals surface area contributed by atoms with Crippen molar-refractivity contribution in [1.29, 1.82) is 0 Å². The minimum atomic E-state index is -0.828. The SMILES string of the molecule is CCOC(=O)C1=C(C)N=c2sc(=Cc3cc(C)n(-c4ccc([N+](=O)[O-])cc4)c3C)c(=O)n2C1c1ccc(F)cc1. The maximum Gasteiger partial charge on any atom is 0.338 e. The number of ether oxygens (including phenoxy) is 1. The van der Waals surface area contributed by atoms with Crippen molar-refractivity contribution in [2.24, 2.45) is 4.99 Å². The summed E-state index contributed by atoms with van der Waals surface area (Å²) in [5.41, 5.74) is 4.15. The Bertz CT molecular complexity index is 1870. The molecule has 0 bridgehead atoms. The highest BCUT2D eigenvalue weighted by Gasteiger charge is 2.33. The molecule has 0 saturated carbocycles. The summed E-state index contributed by atoms with van der Waals surface area (Å²) >= 11 is 1.20. The van der Waals surface area contributed by atoms with Crippen LogP contribution in [0.25, 0.3) is 11.8 Å². The van der Waals surface area contributed by atoms with Crippen molar-refractivity contribution < 1.29 is 18.8 Å². The van der Waals surface area contributed by atoms with Gasteiger partial charge in [0.05, 0.1) is 33.4 Å². The van der Waals surface area contributed by atoms with Gasteiger partial charge in [0.1, 0.15) is 5.82 Å². The van der Waals surface area contributed by atoms with E-state index >= 15 is 0 Å². The Morgan fingerprint density at radius 2 is 1.82 bits per heavy atom. The van der Waals surface area contributed by atoms with Crippen molar-refractivity contribution in [3.05, 3.63) is 124 Å². The fraction of sp³-hybridized carbons (Fsp3) is 0.207. The Hall–Kier alpha value is -4.64. The number of thiazole rings is 1. The summed E-state index contributed by atoms with van der Waals surface area (Å²) in [6, 6.07) is 13.0. The van der Waals surface area contributed by atoms with Gasteiger partial charge in [0.2, 0.25) is 0 Å². The highest BCUT2D eigenvalue weighted by Crippen LogP contribution is 2.31. The van der Waals surface area contributed by atoms with Crippen LogP contribution in [0.4, 0.5) is 10.1 Å². The summed E-state index contributed by atoms with van der Waals surface area (Å²) in [6.07, 6.45) is 1.78. The van der Waals surface area contributed by atoms with Crippen molar-refractivity contribution >= 4 is 29.1 Å². The predicted octanol–water partition coefficient (Wildman–Crippen LogP) is 4.25. The molecule has 3 heterocycles. The molecule has 0 radical (unpaired) electrons. The molecule has 2 aromatic heterocycles. The van der Waals surface area contributed by atoms with Gasteiger partial charge >= 0.3 is 5.97 Å². The Kier molecular flexibility index (Phi) is 7.07. The second-order valence-electron chi connectivity index (χ2n) is 9.29. The molecule has 0 spiro atoms. The first-order valence-corrected chi connectivity index (χ1v) is 13.3. The fourth-order valence-corrected chi connectivity index (χ4v) is 5.99. The average Bonchev–Trinajstić information content (AvgIpc) is 3.37. The number of carbonyl (C=O) groups is 1. The lowest BCUT2D eigenvalue weighted by molar-refractivity contribution is -0.384. The van der Waals surface area contributed by atoms with E-state index < -0.39 is 22.8 Å². The fourth-order valence-electron chi connectivity index (χ4n) is 4.95. The van der Waals surface area contributed by atoms with E-state index in [1.54, 1.807) is 44.2 Å². The lowest BCUT2D eigenvalue weighted by Gasteiger charge is -2.24.